The molecule has 0 saturated carbocycles. The average Bonchev–Trinajstić information content (AvgIpc) is 3.35. The molecule has 0 spiro atoms. The van der Waals surface area contributed by atoms with Crippen LogP contribution in [0.3, 0.4) is 0 Å². The van der Waals surface area contributed by atoms with Crippen LogP contribution in [0.5, 0.6) is 0 Å². The highest BCUT2D eigenvalue weighted by molar-refractivity contribution is 5.93. The van der Waals surface area contributed by atoms with Crippen LogP contribution >= 0.6 is 0 Å². The number of amides is 1. The van der Waals surface area contributed by atoms with Gasteiger partial charge in [0.15, 0.2) is 17.3 Å². The van der Waals surface area contributed by atoms with Gasteiger partial charge >= 0.3 is 0 Å². The van der Waals surface area contributed by atoms with Crippen molar-refractivity contribution in [2.45, 2.75) is 40.3 Å². The predicted octanol–water partition coefficient (Wildman–Crippen LogP) is 1.68. The molecule has 144 valence electrons. The lowest BCUT2D eigenvalue weighted by Crippen LogP contribution is -2.26. The zero-order chi connectivity index (χ0) is 19.4. The Morgan fingerprint density at radius 2 is 2.11 bits per heavy atom. The molecule has 0 saturated heterocycles. The van der Waals surface area contributed by atoms with Crippen LogP contribution in [0.15, 0.2) is 15.1 Å². The lowest BCUT2D eigenvalue weighted by molar-refractivity contribution is 0.0945. The van der Waals surface area contributed by atoms with Crippen molar-refractivity contribution in [2.24, 2.45) is 0 Å². The zero-order valence-electron chi connectivity index (χ0n) is 15.8. The molecule has 0 radical (unpaired) electrons. The van der Waals surface area contributed by atoms with Crippen molar-refractivity contribution in [1.29, 1.82) is 0 Å². The second kappa shape index (κ2) is 8.12. The molecular weight excluding hydrogens is 352 g/mol. The SMILES string of the molecule is CCn1nc(C)c(-c2cc(C(=O)NCCc3noc(COC)n3)no2)c1C. The molecular formula is C17H22N6O4. The average molecular weight is 374 g/mol. The molecule has 3 heterocycles. The van der Waals surface area contributed by atoms with E-state index in [9.17, 15) is 4.79 Å². The molecule has 27 heavy (non-hydrogen) atoms. The van der Waals surface area contributed by atoms with Gasteiger partial charge in [0.05, 0.1) is 11.3 Å². The maximum absolute atomic E-state index is 12.3. The third kappa shape index (κ3) is 4.05. The first-order chi connectivity index (χ1) is 13.0. The number of nitrogens with one attached hydrogen (secondary N) is 1. The monoisotopic (exact) mass is 374 g/mol. The number of hydrogen-bond acceptors (Lipinski definition) is 8. The van der Waals surface area contributed by atoms with Gasteiger partial charge in [0.2, 0.25) is 0 Å². The number of nitrogens with zero attached hydrogens (tertiary/aromatic N) is 5. The van der Waals surface area contributed by atoms with Crippen LogP contribution in [0.4, 0.5) is 0 Å². The van der Waals surface area contributed by atoms with Crippen molar-refractivity contribution in [3.05, 3.63) is 34.9 Å². The first-order valence-electron chi connectivity index (χ1n) is 8.63. The highest BCUT2D eigenvalue weighted by Gasteiger charge is 2.19. The fraction of sp³-hybridized carbons (Fsp3) is 0.471. The molecule has 0 aliphatic rings. The summed E-state index contributed by atoms with van der Waals surface area (Å²) in [6.07, 6.45) is 0.436. The van der Waals surface area contributed by atoms with Crippen molar-refractivity contribution in [1.82, 2.24) is 30.4 Å². The maximum atomic E-state index is 12.3. The number of aromatic nitrogens is 5. The minimum atomic E-state index is -0.330. The first-order valence-corrected chi connectivity index (χ1v) is 8.63. The summed E-state index contributed by atoms with van der Waals surface area (Å²) in [5.41, 5.74) is 2.88. The van der Waals surface area contributed by atoms with E-state index in [0.717, 1.165) is 23.5 Å². The van der Waals surface area contributed by atoms with Gasteiger partial charge in [0.25, 0.3) is 11.8 Å². The predicted molar refractivity (Wildman–Crippen MR) is 93.9 cm³/mol. The van der Waals surface area contributed by atoms with Gasteiger partial charge in [-0.1, -0.05) is 10.3 Å². The van der Waals surface area contributed by atoms with Gasteiger partial charge in [0.1, 0.15) is 6.61 Å². The third-order valence-electron chi connectivity index (χ3n) is 4.08. The molecule has 3 aromatic rings. The molecule has 1 N–H and O–H groups in total. The summed E-state index contributed by atoms with van der Waals surface area (Å²) >= 11 is 0. The molecule has 0 fully saturated rings. The van der Waals surface area contributed by atoms with Crippen LogP contribution in [0.2, 0.25) is 0 Å². The van der Waals surface area contributed by atoms with E-state index in [0.29, 0.717) is 30.4 Å². The normalized spacial score (nSPS) is 11.1. The maximum Gasteiger partial charge on any atom is 0.273 e. The van der Waals surface area contributed by atoms with E-state index in [4.69, 9.17) is 13.8 Å². The smallest absolute Gasteiger partial charge is 0.273 e. The van der Waals surface area contributed by atoms with Crippen molar-refractivity contribution in [3.8, 4) is 11.3 Å². The summed E-state index contributed by atoms with van der Waals surface area (Å²) in [4.78, 5) is 16.4. The minimum Gasteiger partial charge on any atom is -0.375 e. The van der Waals surface area contributed by atoms with Crippen LogP contribution in [0.25, 0.3) is 11.3 Å². The fourth-order valence-corrected chi connectivity index (χ4v) is 2.81. The largest absolute Gasteiger partial charge is 0.375 e. The van der Waals surface area contributed by atoms with Crippen LogP contribution in [-0.2, 0) is 24.3 Å². The van der Waals surface area contributed by atoms with E-state index >= 15 is 0 Å². The zero-order valence-corrected chi connectivity index (χ0v) is 15.8. The molecule has 1 amide bonds. The number of methoxy groups -OCH3 is 1. The van der Waals surface area contributed by atoms with Gasteiger partial charge in [-0.3, -0.25) is 9.48 Å². The van der Waals surface area contributed by atoms with Crippen molar-refractivity contribution in [2.75, 3.05) is 13.7 Å². The molecule has 0 aromatic carbocycles. The fourth-order valence-electron chi connectivity index (χ4n) is 2.81. The van der Waals surface area contributed by atoms with Gasteiger partial charge in [0, 0.05) is 38.4 Å². The molecule has 10 nitrogen and oxygen atoms in total. The van der Waals surface area contributed by atoms with E-state index < -0.39 is 0 Å². The van der Waals surface area contributed by atoms with Crippen molar-refractivity contribution in [3.63, 3.8) is 0 Å². The Hall–Kier alpha value is -3.01. The Labute approximate surface area is 155 Å². The van der Waals surface area contributed by atoms with E-state index in [1.165, 1.54) is 0 Å². The Morgan fingerprint density at radius 3 is 2.81 bits per heavy atom. The summed E-state index contributed by atoms with van der Waals surface area (Å²) in [5, 5.41) is 14.9. The van der Waals surface area contributed by atoms with E-state index in [1.54, 1.807) is 13.2 Å². The van der Waals surface area contributed by atoms with Crippen LogP contribution in [0.1, 0.15) is 40.5 Å². The van der Waals surface area contributed by atoms with Crippen LogP contribution in [0, 0.1) is 13.8 Å². The lowest BCUT2D eigenvalue weighted by atomic mass is 10.1. The van der Waals surface area contributed by atoms with Crippen LogP contribution < -0.4 is 5.32 Å². The van der Waals surface area contributed by atoms with Gasteiger partial charge < -0.3 is 19.1 Å². The quantitative estimate of drug-likeness (QED) is 0.632. The van der Waals surface area contributed by atoms with Gasteiger partial charge in [-0.25, -0.2) is 0 Å². The second-order valence-electron chi connectivity index (χ2n) is 5.98. The molecule has 10 heteroatoms. The third-order valence-corrected chi connectivity index (χ3v) is 4.08. The molecule has 3 aromatic heterocycles. The van der Waals surface area contributed by atoms with Crippen molar-refractivity contribution >= 4 is 5.91 Å². The number of carbonyl (C=O) groups is 1. The molecule has 0 atom stereocenters. The lowest BCUT2D eigenvalue weighted by Gasteiger charge is -1.99. The van der Waals surface area contributed by atoms with Gasteiger partial charge in [-0.2, -0.15) is 10.1 Å². The summed E-state index contributed by atoms with van der Waals surface area (Å²) < 4.78 is 17.2. The van der Waals surface area contributed by atoms with E-state index in [2.05, 4.69) is 25.7 Å². The summed E-state index contributed by atoms with van der Waals surface area (Å²) in [6, 6.07) is 1.62. The van der Waals surface area contributed by atoms with Gasteiger partial charge in [-0.05, 0) is 20.8 Å². The highest BCUT2D eigenvalue weighted by atomic mass is 16.5. The molecule has 0 aliphatic carbocycles. The number of carbonyl (C=O) groups excluding carboxylic acids is 1. The Kier molecular flexibility index (Phi) is 5.65. The highest BCUT2D eigenvalue weighted by Crippen LogP contribution is 2.27. The number of aryl methyl sites for hydroxylation is 2. The van der Waals surface area contributed by atoms with Crippen molar-refractivity contribution < 1.29 is 18.6 Å². The minimum absolute atomic E-state index is 0.209. The standard InChI is InChI=1S/C17H22N6O4/c1-5-23-11(3)16(10(2)20-23)13-8-12(21-26-13)17(24)18-7-6-14-19-15(9-25-4)27-22-14/h8H,5-7,9H2,1-4H3,(H,18,24). The molecule has 0 aliphatic heterocycles. The molecule has 0 unspecified atom stereocenters. The second-order valence-corrected chi connectivity index (χ2v) is 5.98. The Balaban J connectivity index is 1.61. The number of ether oxygens (including phenoxy) is 1. The summed E-state index contributed by atoms with van der Waals surface area (Å²) in [5.74, 6) is 1.10. The van der Waals surface area contributed by atoms with Crippen LogP contribution in [-0.4, -0.2) is 44.6 Å². The molecule has 3 rings (SSSR count). The molecule has 0 bridgehead atoms. The topological polar surface area (TPSA) is 121 Å². The first kappa shape index (κ1) is 18.8. The summed E-state index contributed by atoms with van der Waals surface area (Å²) in [7, 11) is 1.55. The number of rotatable bonds is 8. The summed E-state index contributed by atoms with van der Waals surface area (Å²) in [6.45, 7) is 7.25. The number of hydrogen-bond donors (Lipinski definition) is 1. The Morgan fingerprint density at radius 1 is 1.30 bits per heavy atom. The van der Waals surface area contributed by atoms with E-state index in [1.807, 2.05) is 25.5 Å². The Bertz CT molecular complexity index is 926. The van der Waals surface area contributed by atoms with Gasteiger partial charge in [-0.15, -0.1) is 0 Å². The van der Waals surface area contributed by atoms with E-state index in [-0.39, 0.29) is 18.2 Å².